The number of rotatable bonds is 5. The van der Waals surface area contributed by atoms with E-state index in [1.807, 2.05) is 0 Å². The van der Waals surface area contributed by atoms with Gasteiger partial charge in [0.05, 0.1) is 5.33 Å². The van der Waals surface area contributed by atoms with Gasteiger partial charge in [-0.15, -0.1) is 10.2 Å². The van der Waals surface area contributed by atoms with Crippen molar-refractivity contribution in [2.24, 2.45) is 11.8 Å². The fourth-order valence-corrected chi connectivity index (χ4v) is 3.26. The van der Waals surface area contributed by atoms with Crippen molar-refractivity contribution in [2.75, 3.05) is 0 Å². The van der Waals surface area contributed by atoms with Crippen LogP contribution >= 0.6 is 15.9 Å². The van der Waals surface area contributed by atoms with Gasteiger partial charge in [0.2, 0.25) is 0 Å². The summed E-state index contributed by atoms with van der Waals surface area (Å²) in [5.74, 6) is 3.75. The van der Waals surface area contributed by atoms with Crippen LogP contribution in [0.15, 0.2) is 0 Å². The molecule has 1 aromatic heterocycles. The first-order valence-corrected chi connectivity index (χ1v) is 8.29. The molecule has 4 heteroatoms. The highest BCUT2D eigenvalue weighted by Crippen LogP contribution is 2.26. The van der Waals surface area contributed by atoms with Gasteiger partial charge in [0, 0.05) is 13.0 Å². The van der Waals surface area contributed by atoms with E-state index in [4.69, 9.17) is 0 Å². The lowest BCUT2D eigenvalue weighted by Crippen LogP contribution is -2.16. The van der Waals surface area contributed by atoms with Gasteiger partial charge in [-0.05, 0) is 11.8 Å². The van der Waals surface area contributed by atoms with Crippen molar-refractivity contribution in [3.8, 4) is 0 Å². The number of halogens is 1. The van der Waals surface area contributed by atoms with Crippen LogP contribution in [0.4, 0.5) is 0 Å². The van der Waals surface area contributed by atoms with E-state index in [2.05, 4.69) is 44.5 Å². The molecule has 1 aromatic rings. The van der Waals surface area contributed by atoms with Gasteiger partial charge in [-0.3, -0.25) is 0 Å². The summed E-state index contributed by atoms with van der Waals surface area (Å²) in [7, 11) is 0. The van der Waals surface area contributed by atoms with Gasteiger partial charge in [0.25, 0.3) is 0 Å². The molecule has 0 spiro atoms. The van der Waals surface area contributed by atoms with Crippen LogP contribution < -0.4 is 0 Å². The summed E-state index contributed by atoms with van der Waals surface area (Å²) in [6, 6.07) is 0. The van der Waals surface area contributed by atoms with Gasteiger partial charge in [0.15, 0.2) is 0 Å². The lowest BCUT2D eigenvalue weighted by Gasteiger charge is -2.21. The van der Waals surface area contributed by atoms with Crippen molar-refractivity contribution in [1.29, 1.82) is 0 Å². The molecule has 0 radical (unpaired) electrons. The van der Waals surface area contributed by atoms with Gasteiger partial charge >= 0.3 is 0 Å². The first kappa shape index (κ1) is 14.0. The summed E-state index contributed by atoms with van der Waals surface area (Å²) >= 11 is 3.51. The lowest BCUT2D eigenvalue weighted by atomic mass is 9.87. The summed E-state index contributed by atoms with van der Waals surface area (Å²) < 4.78 is 2.33. The maximum Gasteiger partial charge on any atom is 0.143 e. The zero-order valence-corrected chi connectivity index (χ0v) is 13.1. The van der Waals surface area contributed by atoms with Crippen molar-refractivity contribution in [1.82, 2.24) is 14.8 Å². The molecule has 0 unspecified atom stereocenters. The molecule has 0 saturated heterocycles. The maximum absolute atomic E-state index is 4.42. The Morgan fingerprint density at radius 2 is 1.83 bits per heavy atom. The number of aromatic nitrogens is 3. The average molecular weight is 314 g/mol. The Morgan fingerprint density at radius 3 is 2.44 bits per heavy atom. The summed E-state index contributed by atoms with van der Waals surface area (Å²) in [6.07, 6.45) is 8.08. The normalized spacial score (nSPS) is 17.6. The minimum Gasteiger partial charge on any atom is -0.314 e. The second kappa shape index (κ2) is 6.69. The standard InChI is InChI=1S/C14H24BrN3/c1-11(2)10-18-13(16-17-14(18)9-15)8-12-6-4-3-5-7-12/h11-12H,3-10H2,1-2H3. The van der Waals surface area contributed by atoms with Crippen molar-refractivity contribution in [2.45, 2.75) is 64.2 Å². The highest BCUT2D eigenvalue weighted by molar-refractivity contribution is 9.08. The SMILES string of the molecule is CC(C)Cn1c(CBr)nnc1CC1CCCCC1. The quantitative estimate of drug-likeness (QED) is 0.770. The van der Waals surface area contributed by atoms with Crippen molar-refractivity contribution in [3.05, 3.63) is 11.6 Å². The van der Waals surface area contributed by atoms with Crippen LogP contribution in [0.1, 0.15) is 57.6 Å². The molecule has 1 heterocycles. The van der Waals surface area contributed by atoms with Crippen LogP contribution in [0.3, 0.4) is 0 Å². The third kappa shape index (κ3) is 3.56. The largest absolute Gasteiger partial charge is 0.314 e. The lowest BCUT2D eigenvalue weighted by molar-refractivity contribution is 0.344. The molecule has 18 heavy (non-hydrogen) atoms. The van der Waals surface area contributed by atoms with E-state index in [0.717, 1.165) is 30.0 Å². The van der Waals surface area contributed by atoms with E-state index in [0.29, 0.717) is 5.92 Å². The Balaban J connectivity index is 2.08. The van der Waals surface area contributed by atoms with E-state index >= 15 is 0 Å². The first-order chi connectivity index (χ1) is 8.70. The third-order valence-electron chi connectivity index (χ3n) is 3.77. The minimum atomic E-state index is 0.643. The Bertz CT molecular complexity index is 367. The van der Waals surface area contributed by atoms with Gasteiger partial charge < -0.3 is 4.57 Å². The summed E-state index contributed by atoms with van der Waals surface area (Å²) in [5, 5.41) is 9.54. The fourth-order valence-electron chi connectivity index (χ4n) is 2.85. The maximum atomic E-state index is 4.42. The highest BCUT2D eigenvalue weighted by Gasteiger charge is 2.19. The smallest absolute Gasteiger partial charge is 0.143 e. The molecule has 0 aliphatic heterocycles. The van der Waals surface area contributed by atoms with Crippen LogP contribution in [0.2, 0.25) is 0 Å². The predicted molar refractivity (Wildman–Crippen MR) is 77.8 cm³/mol. The van der Waals surface area contributed by atoms with Crippen LogP contribution in [-0.2, 0) is 18.3 Å². The molecular weight excluding hydrogens is 290 g/mol. The van der Waals surface area contributed by atoms with E-state index < -0.39 is 0 Å². The number of nitrogens with zero attached hydrogens (tertiary/aromatic N) is 3. The molecule has 0 atom stereocenters. The Morgan fingerprint density at radius 1 is 1.17 bits per heavy atom. The van der Waals surface area contributed by atoms with Crippen molar-refractivity contribution < 1.29 is 0 Å². The fraction of sp³-hybridized carbons (Fsp3) is 0.857. The van der Waals surface area contributed by atoms with Gasteiger partial charge in [-0.25, -0.2) is 0 Å². The number of hydrogen-bond donors (Lipinski definition) is 0. The van der Waals surface area contributed by atoms with Crippen LogP contribution in [-0.4, -0.2) is 14.8 Å². The highest BCUT2D eigenvalue weighted by atomic mass is 79.9. The number of hydrogen-bond acceptors (Lipinski definition) is 2. The average Bonchev–Trinajstić information content (AvgIpc) is 2.72. The monoisotopic (exact) mass is 313 g/mol. The van der Waals surface area contributed by atoms with Gasteiger partial charge in [-0.2, -0.15) is 0 Å². The van der Waals surface area contributed by atoms with Crippen molar-refractivity contribution >= 4 is 15.9 Å². The van der Waals surface area contributed by atoms with E-state index in [1.54, 1.807) is 0 Å². The third-order valence-corrected chi connectivity index (χ3v) is 4.27. The molecule has 1 fully saturated rings. The van der Waals surface area contributed by atoms with E-state index in [9.17, 15) is 0 Å². The minimum absolute atomic E-state index is 0.643. The second-order valence-electron chi connectivity index (χ2n) is 5.88. The van der Waals surface area contributed by atoms with E-state index in [-0.39, 0.29) is 0 Å². The Hall–Kier alpha value is -0.380. The molecule has 102 valence electrons. The molecule has 1 aliphatic carbocycles. The molecule has 0 bridgehead atoms. The molecule has 1 aliphatic rings. The predicted octanol–water partition coefficient (Wildman–Crippen LogP) is 3.95. The second-order valence-corrected chi connectivity index (χ2v) is 6.44. The molecule has 0 N–H and O–H groups in total. The van der Waals surface area contributed by atoms with Gasteiger partial charge in [-0.1, -0.05) is 61.9 Å². The summed E-state index contributed by atoms with van der Waals surface area (Å²) in [4.78, 5) is 0. The first-order valence-electron chi connectivity index (χ1n) is 7.17. The van der Waals surface area contributed by atoms with Crippen LogP contribution in [0, 0.1) is 11.8 Å². The molecule has 0 aromatic carbocycles. The van der Waals surface area contributed by atoms with Gasteiger partial charge in [0.1, 0.15) is 11.6 Å². The Labute approximate surface area is 118 Å². The molecule has 1 saturated carbocycles. The summed E-state index contributed by atoms with van der Waals surface area (Å²) in [5.41, 5.74) is 0. The van der Waals surface area contributed by atoms with Crippen LogP contribution in [0.5, 0.6) is 0 Å². The molecule has 0 amide bonds. The van der Waals surface area contributed by atoms with E-state index in [1.165, 1.54) is 37.9 Å². The molecule has 2 rings (SSSR count). The van der Waals surface area contributed by atoms with Crippen molar-refractivity contribution in [3.63, 3.8) is 0 Å². The Kier molecular flexibility index (Phi) is 5.22. The summed E-state index contributed by atoms with van der Waals surface area (Å²) in [6.45, 7) is 5.54. The zero-order valence-electron chi connectivity index (χ0n) is 11.5. The number of alkyl halides is 1. The molecule has 3 nitrogen and oxygen atoms in total. The zero-order chi connectivity index (χ0) is 13.0. The van der Waals surface area contributed by atoms with Crippen LogP contribution in [0.25, 0.3) is 0 Å². The topological polar surface area (TPSA) is 30.7 Å². The molecular formula is C14H24BrN3.